The van der Waals surface area contributed by atoms with E-state index >= 15 is 0 Å². The Morgan fingerprint density at radius 2 is 1.39 bits per heavy atom. The summed E-state index contributed by atoms with van der Waals surface area (Å²) in [6, 6.07) is 0. The molecule has 8 atom stereocenters. The van der Waals surface area contributed by atoms with E-state index in [0.29, 0.717) is 17.1 Å². The number of aliphatic hydroxyl groups excluding tert-OH is 1. The van der Waals surface area contributed by atoms with E-state index in [0.717, 1.165) is 42.9 Å². The number of aliphatic hydroxyl groups is 1. The third kappa shape index (κ3) is 4.69. The highest BCUT2D eigenvalue weighted by atomic mass is 16.4. The molecule has 0 saturated heterocycles. The third-order valence-electron chi connectivity index (χ3n) is 9.68. The van der Waals surface area contributed by atoms with Crippen LogP contribution in [0.15, 0.2) is 0 Å². The molecule has 4 fully saturated rings. The molecule has 6 heteroatoms. The summed E-state index contributed by atoms with van der Waals surface area (Å²) >= 11 is 0. The number of hydrogen-bond acceptors (Lipinski definition) is 4. The van der Waals surface area contributed by atoms with Crippen molar-refractivity contribution in [3.8, 4) is 0 Å². The van der Waals surface area contributed by atoms with Crippen molar-refractivity contribution in [1.29, 1.82) is 0 Å². The highest BCUT2D eigenvalue weighted by Crippen LogP contribution is 2.67. The third-order valence-corrected chi connectivity index (χ3v) is 9.68. The Balaban J connectivity index is 0.000000293. The average molecular weight is 437 g/mol. The van der Waals surface area contributed by atoms with Crippen molar-refractivity contribution in [2.75, 3.05) is 0 Å². The van der Waals surface area contributed by atoms with E-state index in [1.807, 2.05) is 6.92 Å². The maximum absolute atomic E-state index is 12.2. The molecule has 0 heterocycles. The quantitative estimate of drug-likeness (QED) is 0.597. The molecule has 6 nitrogen and oxygen atoms in total. The van der Waals surface area contributed by atoms with Crippen molar-refractivity contribution in [3.63, 3.8) is 0 Å². The maximum atomic E-state index is 12.2. The fraction of sp³-hybridized carbons (Fsp3) is 0.880. The number of hydrogen-bond donors (Lipinski definition) is 3. The topological polar surface area (TPSA) is 112 Å². The number of aliphatic carboxylic acids is 2. The minimum atomic E-state index is -1.08. The van der Waals surface area contributed by atoms with Crippen LogP contribution in [0.5, 0.6) is 0 Å². The zero-order valence-electron chi connectivity index (χ0n) is 19.3. The van der Waals surface area contributed by atoms with Crippen molar-refractivity contribution < 1.29 is 29.7 Å². The molecule has 0 bridgehead atoms. The van der Waals surface area contributed by atoms with Crippen LogP contribution in [-0.4, -0.2) is 39.1 Å². The van der Waals surface area contributed by atoms with Crippen molar-refractivity contribution in [1.82, 2.24) is 0 Å². The van der Waals surface area contributed by atoms with Gasteiger partial charge in [0.05, 0.1) is 18.9 Å². The molecule has 0 radical (unpaired) electrons. The van der Waals surface area contributed by atoms with Crippen molar-refractivity contribution in [3.05, 3.63) is 0 Å². The summed E-state index contributed by atoms with van der Waals surface area (Å²) in [5.74, 6) is 1.81. The Kier molecular flexibility index (Phi) is 7.19. The first-order valence-corrected chi connectivity index (χ1v) is 12.1. The molecular weight excluding hydrogens is 396 g/mol. The number of carbonyl (C=O) groups is 3. The minimum absolute atomic E-state index is 0.0490. The van der Waals surface area contributed by atoms with Gasteiger partial charge < -0.3 is 15.3 Å². The number of ketones is 1. The van der Waals surface area contributed by atoms with Crippen molar-refractivity contribution in [2.24, 2.45) is 40.4 Å². The van der Waals surface area contributed by atoms with Gasteiger partial charge in [0, 0.05) is 5.92 Å². The van der Waals surface area contributed by atoms with Gasteiger partial charge in [-0.1, -0.05) is 13.8 Å². The van der Waals surface area contributed by atoms with Gasteiger partial charge in [0.1, 0.15) is 5.78 Å². The molecular formula is C25H40O6. The summed E-state index contributed by atoms with van der Waals surface area (Å²) in [5.41, 5.74) is 0.738. The standard InChI is InChI=1S/C21H34O2.C4H6O4/c1-13(22)17-6-7-18-16-5-4-14-12-15(23)8-10-20(14,2)19(16)9-11-21(17,18)3;5-3(6)1-2-4(7)8/h14-19,23H,4-12H2,1-3H3;1-2H2,(H,5,6)(H,7,8)/t14-,15-,16+,17-,18+,19+,20+,21-;/m1./s1. The Morgan fingerprint density at radius 3 is 1.97 bits per heavy atom. The number of carboxylic acid groups (broad SMARTS) is 2. The number of Topliss-reactive ketones (excluding diaryl/α,β-unsaturated/α-hetero) is 1. The number of fused-ring (bicyclic) bond motifs is 5. The molecule has 0 unspecified atom stereocenters. The summed E-state index contributed by atoms with van der Waals surface area (Å²) in [7, 11) is 0. The monoisotopic (exact) mass is 436 g/mol. The zero-order valence-corrected chi connectivity index (χ0v) is 19.3. The summed E-state index contributed by atoms with van der Waals surface area (Å²) in [6.07, 6.45) is 10.3. The molecule has 4 rings (SSSR count). The minimum Gasteiger partial charge on any atom is -0.481 e. The maximum Gasteiger partial charge on any atom is 0.303 e. The SMILES string of the molecule is CC(=O)[C@H]1CC[C@H]2[C@@H]3CC[C@@H]4C[C@H](O)CC[C@]4(C)[C@H]3CC[C@]12C.O=C(O)CCC(=O)O. The zero-order chi connectivity index (χ0) is 23.0. The first kappa shape index (κ1) is 24.2. The second-order valence-corrected chi connectivity index (χ2v) is 11.2. The van der Waals surface area contributed by atoms with E-state index in [4.69, 9.17) is 10.2 Å². The van der Waals surface area contributed by atoms with E-state index < -0.39 is 11.9 Å². The number of carbonyl (C=O) groups excluding carboxylic acids is 1. The molecule has 0 aromatic rings. The van der Waals surface area contributed by atoms with Gasteiger partial charge in [-0.25, -0.2) is 0 Å². The molecule has 0 spiro atoms. The van der Waals surface area contributed by atoms with Crippen LogP contribution >= 0.6 is 0 Å². The van der Waals surface area contributed by atoms with Crippen LogP contribution in [0.1, 0.15) is 91.4 Å². The van der Waals surface area contributed by atoms with E-state index in [2.05, 4.69) is 13.8 Å². The molecule has 3 N–H and O–H groups in total. The lowest BCUT2D eigenvalue weighted by atomic mass is 9.44. The highest BCUT2D eigenvalue weighted by molar-refractivity contribution is 5.79. The summed E-state index contributed by atoms with van der Waals surface area (Å²) < 4.78 is 0. The lowest BCUT2D eigenvalue weighted by molar-refractivity contribution is -0.143. The number of rotatable bonds is 4. The van der Waals surface area contributed by atoms with Gasteiger partial charge >= 0.3 is 11.9 Å². The molecule has 0 aromatic carbocycles. The predicted molar refractivity (Wildman–Crippen MR) is 116 cm³/mol. The number of carboxylic acids is 2. The second kappa shape index (κ2) is 9.21. The molecule has 4 aliphatic carbocycles. The van der Waals surface area contributed by atoms with E-state index in [9.17, 15) is 19.5 Å². The summed E-state index contributed by atoms with van der Waals surface area (Å²) in [6.45, 7) is 6.80. The van der Waals surface area contributed by atoms with Gasteiger partial charge in [0.15, 0.2) is 0 Å². The molecule has 0 aromatic heterocycles. The fourth-order valence-electron chi connectivity index (χ4n) is 8.12. The van der Waals surface area contributed by atoms with Crippen LogP contribution in [0, 0.1) is 40.4 Å². The molecule has 4 aliphatic rings. The van der Waals surface area contributed by atoms with Crippen LogP contribution in [0.2, 0.25) is 0 Å². The Hall–Kier alpha value is -1.43. The fourth-order valence-corrected chi connectivity index (χ4v) is 8.12. The van der Waals surface area contributed by atoms with Crippen LogP contribution in [0.4, 0.5) is 0 Å². The predicted octanol–water partition coefficient (Wildman–Crippen LogP) is 4.53. The van der Waals surface area contributed by atoms with Crippen LogP contribution < -0.4 is 0 Å². The first-order valence-electron chi connectivity index (χ1n) is 12.1. The smallest absolute Gasteiger partial charge is 0.303 e. The van der Waals surface area contributed by atoms with Gasteiger partial charge in [0.2, 0.25) is 0 Å². The molecule has 176 valence electrons. The van der Waals surface area contributed by atoms with Gasteiger partial charge in [-0.05, 0) is 99.2 Å². The average Bonchev–Trinajstić information content (AvgIpc) is 3.05. The Labute approximate surface area is 185 Å². The van der Waals surface area contributed by atoms with Crippen LogP contribution in [0.25, 0.3) is 0 Å². The van der Waals surface area contributed by atoms with E-state index in [1.165, 1.54) is 38.5 Å². The first-order chi connectivity index (χ1) is 14.5. The van der Waals surface area contributed by atoms with Crippen molar-refractivity contribution in [2.45, 2.75) is 97.5 Å². The summed E-state index contributed by atoms with van der Waals surface area (Å²) in [4.78, 5) is 31.4. The molecule has 31 heavy (non-hydrogen) atoms. The van der Waals surface area contributed by atoms with Crippen LogP contribution in [-0.2, 0) is 14.4 Å². The Bertz CT molecular complexity index is 690. The largest absolute Gasteiger partial charge is 0.481 e. The van der Waals surface area contributed by atoms with E-state index in [1.54, 1.807) is 0 Å². The molecule has 0 amide bonds. The van der Waals surface area contributed by atoms with Crippen LogP contribution in [0.3, 0.4) is 0 Å². The molecule has 4 saturated carbocycles. The lowest BCUT2D eigenvalue weighted by Gasteiger charge is -2.60. The molecule has 0 aliphatic heterocycles. The highest BCUT2D eigenvalue weighted by Gasteiger charge is 2.60. The van der Waals surface area contributed by atoms with Gasteiger partial charge in [-0.15, -0.1) is 0 Å². The van der Waals surface area contributed by atoms with Crippen molar-refractivity contribution >= 4 is 17.7 Å². The van der Waals surface area contributed by atoms with Gasteiger partial charge in [-0.3, -0.25) is 14.4 Å². The Morgan fingerprint density at radius 1 is 0.806 bits per heavy atom. The second-order valence-electron chi connectivity index (χ2n) is 11.2. The van der Waals surface area contributed by atoms with Gasteiger partial charge in [0.25, 0.3) is 0 Å². The van der Waals surface area contributed by atoms with E-state index in [-0.39, 0.29) is 24.4 Å². The summed E-state index contributed by atoms with van der Waals surface area (Å²) in [5, 5.41) is 25.9. The van der Waals surface area contributed by atoms with Gasteiger partial charge in [-0.2, -0.15) is 0 Å². The lowest BCUT2D eigenvalue weighted by Crippen LogP contribution is -2.54. The normalized spacial score (nSPS) is 43.5.